The molecule has 6 heteroatoms. The number of methoxy groups -OCH3 is 2. The Balaban J connectivity index is 2.22. The van der Waals surface area contributed by atoms with Crippen molar-refractivity contribution in [3.8, 4) is 11.5 Å². The van der Waals surface area contributed by atoms with E-state index >= 15 is 0 Å². The maximum atomic E-state index is 11.7. The predicted molar refractivity (Wildman–Crippen MR) is 65.1 cm³/mol. The van der Waals surface area contributed by atoms with E-state index in [0.29, 0.717) is 17.2 Å². The third-order valence-corrected chi connectivity index (χ3v) is 4.48. The number of rotatable bonds is 5. The van der Waals surface area contributed by atoms with E-state index in [-0.39, 0.29) is 5.25 Å². The number of sulfonamides is 1. The Kier molecular flexibility index (Phi) is 3.15. The molecule has 0 bridgehead atoms. The second-order valence-electron chi connectivity index (χ2n) is 3.92. The summed E-state index contributed by atoms with van der Waals surface area (Å²) in [6.45, 7) is 0. The van der Waals surface area contributed by atoms with Crippen LogP contribution in [-0.2, 0) is 10.0 Å². The normalized spacial score (nSPS) is 15.4. The van der Waals surface area contributed by atoms with Gasteiger partial charge in [0.05, 0.1) is 25.2 Å². The van der Waals surface area contributed by atoms with Gasteiger partial charge in [-0.1, -0.05) is 0 Å². The molecule has 0 heterocycles. The molecule has 0 radical (unpaired) electrons. The molecule has 0 aromatic heterocycles. The number of benzene rings is 1. The van der Waals surface area contributed by atoms with E-state index < -0.39 is 10.0 Å². The van der Waals surface area contributed by atoms with Crippen molar-refractivity contribution in [2.45, 2.75) is 18.1 Å². The summed E-state index contributed by atoms with van der Waals surface area (Å²) in [4.78, 5) is 0. The van der Waals surface area contributed by atoms with Crippen LogP contribution in [-0.4, -0.2) is 27.9 Å². The molecule has 1 N–H and O–H groups in total. The molecule has 1 aliphatic carbocycles. The van der Waals surface area contributed by atoms with Crippen LogP contribution in [0.3, 0.4) is 0 Å². The van der Waals surface area contributed by atoms with Crippen molar-refractivity contribution in [2.75, 3.05) is 18.9 Å². The van der Waals surface area contributed by atoms with Gasteiger partial charge < -0.3 is 9.47 Å². The fourth-order valence-corrected chi connectivity index (χ4v) is 2.90. The molecule has 1 aromatic carbocycles. The van der Waals surface area contributed by atoms with E-state index in [4.69, 9.17) is 9.47 Å². The Labute approximate surface area is 101 Å². The molecule has 0 spiro atoms. The molecule has 94 valence electrons. The first-order valence-corrected chi connectivity index (χ1v) is 6.85. The summed E-state index contributed by atoms with van der Waals surface area (Å²) in [5.74, 6) is 1.07. The van der Waals surface area contributed by atoms with Crippen molar-refractivity contribution >= 4 is 15.7 Å². The van der Waals surface area contributed by atoms with Crippen molar-refractivity contribution < 1.29 is 17.9 Å². The fourth-order valence-electron chi connectivity index (χ4n) is 1.53. The lowest BCUT2D eigenvalue weighted by atomic mass is 10.3. The van der Waals surface area contributed by atoms with Crippen LogP contribution in [0.2, 0.25) is 0 Å². The Morgan fingerprint density at radius 3 is 2.35 bits per heavy atom. The number of hydrogen-bond donors (Lipinski definition) is 1. The number of hydrogen-bond acceptors (Lipinski definition) is 4. The molecular weight excluding hydrogens is 242 g/mol. The Hall–Kier alpha value is -1.43. The first-order valence-electron chi connectivity index (χ1n) is 5.30. The molecule has 0 amide bonds. The molecule has 1 aromatic rings. The van der Waals surface area contributed by atoms with Gasteiger partial charge in [-0.05, 0) is 25.0 Å². The lowest BCUT2D eigenvalue weighted by Gasteiger charge is -2.11. The van der Waals surface area contributed by atoms with Crippen LogP contribution in [0.5, 0.6) is 11.5 Å². The monoisotopic (exact) mass is 257 g/mol. The first kappa shape index (κ1) is 12.0. The molecule has 17 heavy (non-hydrogen) atoms. The molecule has 0 aliphatic heterocycles. The standard InChI is InChI=1S/C11H15NO4S/c1-15-10-6-3-8(7-11(10)16-2)12-17(13,14)9-4-5-9/h3,6-7,9,12H,4-5H2,1-2H3. The van der Waals surface area contributed by atoms with Crippen LogP contribution < -0.4 is 14.2 Å². The first-order chi connectivity index (χ1) is 8.06. The lowest BCUT2D eigenvalue weighted by Crippen LogP contribution is -2.17. The average Bonchev–Trinajstić information content (AvgIpc) is 3.12. The Morgan fingerprint density at radius 2 is 1.82 bits per heavy atom. The highest BCUT2D eigenvalue weighted by atomic mass is 32.2. The highest BCUT2D eigenvalue weighted by Gasteiger charge is 2.35. The van der Waals surface area contributed by atoms with Crippen LogP contribution in [0.1, 0.15) is 12.8 Å². The van der Waals surface area contributed by atoms with Crippen LogP contribution in [0, 0.1) is 0 Å². The van der Waals surface area contributed by atoms with Crippen molar-refractivity contribution in [2.24, 2.45) is 0 Å². The van der Waals surface area contributed by atoms with E-state index in [1.807, 2.05) is 0 Å². The summed E-state index contributed by atoms with van der Waals surface area (Å²) in [6, 6.07) is 4.93. The third kappa shape index (κ3) is 2.63. The van der Waals surface area contributed by atoms with Crippen molar-refractivity contribution in [3.63, 3.8) is 0 Å². The second-order valence-corrected chi connectivity index (χ2v) is 5.88. The smallest absolute Gasteiger partial charge is 0.235 e. The zero-order valence-electron chi connectivity index (χ0n) is 9.76. The van der Waals surface area contributed by atoms with Crippen molar-refractivity contribution in [1.29, 1.82) is 0 Å². The maximum absolute atomic E-state index is 11.7. The van der Waals surface area contributed by atoms with E-state index in [2.05, 4.69) is 4.72 Å². The number of ether oxygens (including phenoxy) is 2. The third-order valence-electron chi connectivity index (χ3n) is 2.61. The highest BCUT2D eigenvalue weighted by Crippen LogP contribution is 2.33. The van der Waals surface area contributed by atoms with Gasteiger partial charge >= 0.3 is 0 Å². The van der Waals surface area contributed by atoms with Crippen molar-refractivity contribution in [1.82, 2.24) is 0 Å². The zero-order chi connectivity index (χ0) is 12.5. The molecule has 5 nitrogen and oxygen atoms in total. The summed E-state index contributed by atoms with van der Waals surface area (Å²) in [5, 5.41) is -0.240. The lowest BCUT2D eigenvalue weighted by molar-refractivity contribution is 0.355. The topological polar surface area (TPSA) is 64.6 Å². The summed E-state index contributed by atoms with van der Waals surface area (Å²) in [7, 11) is -0.187. The van der Waals surface area contributed by atoms with Gasteiger partial charge in [-0.3, -0.25) is 4.72 Å². The summed E-state index contributed by atoms with van der Waals surface area (Å²) >= 11 is 0. The highest BCUT2D eigenvalue weighted by molar-refractivity contribution is 7.93. The summed E-state index contributed by atoms with van der Waals surface area (Å²) in [5.41, 5.74) is 0.495. The van der Waals surface area contributed by atoms with E-state index in [1.54, 1.807) is 18.2 Å². The number of nitrogens with one attached hydrogen (secondary N) is 1. The minimum Gasteiger partial charge on any atom is -0.493 e. The average molecular weight is 257 g/mol. The number of anilines is 1. The minimum absolute atomic E-state index is 0.240. The summed E-state index contributed by atoms with van der Waals surface area (Å²) < 4.78 is 36.2. The van der Waals surface area contributed by atoms with Gasteiger partial charge in [-0.25, -0.2) is 8.42 Å². The maximum Gasteiger partial charge on any atom is 0.235 e. The van der Waals surface area contributed by atoms with Gasteiger partial charge in [0.1, 0.15) is 0 Å². The van der Waals surface area contributed by atoms with Crippen LogP contribution >= 0.6 is 0 Å². The van der Waals surface area contributed by atoms with E-state index in [1.165, 1.54) is 14.2 Å². The largest absolute Gasteiger partial charge is 0.493 e. The Morgan fingerprint density at radius 1 is 1.18 bits per heavy atom. The SMILES string of the molecule is COc1ccc(NS(=O)(=O)C2CC2)cc1OC. The molecule has 0 atom stereocenters. The van der Waals surface area contributed by atoms with Crippen LogP contribution in [0.15, 0.2) is 18.2 Å². The molecular formula is C11H15NO4S. The van der Waals surface area contributed by atoms with Crippen molar-refractivity contribution in [3.05, 3.63) is 18.2 Å². The molecule has 1 fully saturated rings. The van der Waals surface area contributed by atoms with Gasteiger partial charge in [-0.2, -0.15) is 0 Å². The van der Waals surface area contributed by atoms with Gasteiger partial charge in [0.2, 0.25) is 10.0 Å². The minimum atomic E-state index is -3.23. The quantitative estimate of drug-likeness (QED) is 0.870. The molecule has 1 saturated carbocycles. The second kappa shape index (κ2) is 4.44. The van der Waals surface area contributed by atoms with Gasteiger partial charge in [0, 0.05) is 6.07 Å². The van der Waals surface area contributed by atoms with Gasteiger partial charge in [-0.15, -0.1) is 0 Å². The summed E-state index contributed by atoms with van der Waals surface area (Å²) in [6.07, 6.45) is 1.48. The van der Waals surface area contributed by atoms with Gasteiger partial charge in [0.25, 0.3) is 0 Å². The molecule has 0 saturated heterocycles. The Bertz CT molecular complexity index is 508. The van der Waals surface area contributed by atoms with Gasteiger partial charge in [0.15, 0.2) is 11.5 Å². The zero-order valence-corrected chi connectivity index (χ0v) is 10.6. The van der Waals surface area contributed by atoms with Crippen LogP contribution in [0.25, 0.3) is 0 Å². The fraction of sp³-hybridized carbons (Fsp3) is 0.455. The van der Waals surface area contributed by atoms with E-state index in [0.717, 1.165) is 12.8 Å². The molecule has 0 unspecified atom stereocenters. The predicted octanol–water partition coefficient (Wildman–Crippen LogP) is 1.61. The van der Waals surface area contributed by atoms with Crippen LogP contribution in [0.4, 0.5) is 5.69 Å². The van der Waals surface area contributed by atoms with E-state index in [9.17, 15) is 8.42 Å². The molecule has 1 aliphatic rings. The molecule has 2 rings (SSSR count).